The maximum Gasteiger partial charge on any atom is 0.0811 e. The van der Waals surface area contributed by atoms with E-state index in [1.165, 1.54) is 44.9 Å². The van der Waals surface area contributed by atoms with Gasteiger partial charge in [-0.25, -0.2) is 0 Å². The summed E-state index contributed by atoms with van der Waals surface area (Å²) in [6, 6.07) is 0. The third-order valence-corrected chi connectivity index (χ3v) is 9.07. The van der Waals surface area contributed by atoms with Crippen molar-refractivity contribution in [3.8, 4) is 0 Å². The van der Waals surface area contributed by atoms with Crippen molar-refractivity contribution in [2.75, 3.05) is 0 Å². The molecule has 0 aromatic carbocycles. The minimum absolute atomic E-state index is 0.0693. The first-order valence-electron chi connectivity index (χ1n) is 12.4. The van der Waals surface area contributed by atoms with Crippen molar-refractivity contribution in [1.29, 1.82) is 0 Å². The van der Waals surface area contributed by atoms with E-state index in [0.717, 1.165) is 29.9 Å². The molecule has 0 spiro atoms. The summed E-state index contributed by atoms with van der Waals surface area (Å²) in [4.78, 5) is 0. The lowest BCUT2D eigenvalue weighted by Gasteiger charge is -2.44. The molecule has 2 unspecified atom stereocenters. The molecule has 0 saturated heterocycles. The van der Waals surface area contributed by atoms with E-state index in [2.05, 4.69) is 32.6 Å². The normalized spacial score (nSPS) is 41.8. The Labute approximate surface area is 183 Å². The SMILES string of the molecule is C=C1C(=C/C=C2\CCC[C@@]3(C)C2CC[C@@H]3[C@H](C)CCC(O)C2CC2)C[C@@H](O)C[C@@H]1O. The lowest BCUT2D eigenvalue weighted by atomic mass is 9.60. The van der Waals surface area contributed by atoms with Gasteiger partial charge in [0.2, 0.25) is 0 Å². The minimum atomic E-state index is -0.613. The molecule has 0 amide bonds. The van der Waals surface area contributed by atoms with Crippen LogP contribution in [-0.4, -0.2) is 33.6 Å². The molecular formula is C27H42O3. The van der Waals surface area contributed by atoms with Crippen LogP contribution in [-0.2, 0) is 0 Å². The molecule has 4 rings (SSSR count). The van der Waals surface area contributed by atoms with Crippen LogP contribution in [0.1, 0.15) is 84.5 Å². The molecule has 3 N–H and O–H groups in total. The molecule has 0 aliphatic heterocycles. The lowest BCUT2D eigenvalue weighted by Crippen LogP contribution is -2.36. The number of fused-ring (bicyclic) bond motifs is 1. The quantitative estimate of drug-likeness (QED) is 0.552. The average Bonchev–Trinajstić information content (AvgIpc) is 3.49. The van der Waals surface area contributed by atoms with Gasteiger partial charge in [-0.2, -0.15) is 0 Å². The van der Waals surface area contributed by atoms with Gasteiger partial charge < -0.3 is 15.3 Å². The summed E-state index contributed by atoms with van der Waals surface area (Å²) in [5.41, 5.74) is 3.72. The second-order valence-corrected chi connectivity index (χ2v) is 11.1. The van der Waals surface area contributed by atoms with Crippen molar-refractivity contribution in [2.45, 2.75) is 103 Å². The van der Waals surface area contributed by atoms with Crippen LogP contribution in [0.2, 0.25) is 0 Å². The monoisotopic (exact) mass is 414 g/mol. The largest absolute Gasteiger partial charge is 0.393 e. The number of allylic oxidation sites excluding steroid dienone is 3. The highest BCUT2D eigenvalue weighted by atomic mass is 16.3. The van der Waals surface area contributed by atoms with Crippen molar-refractivity contribution in [3.63, 3.8) is 0 Å². The van der Waals surface area contributed by atoms with Gasteiger partial charge in [0, 0.05) is 6.42 Å². The Bertz CT molecular complexity index is 703. The zero-order valence-electron chi connectivity index (χ0n) is 19.0. The van der Waals surface area contributed by atoms with Gasteiger partial charge in [-0.3, -0.25) is 0 Å². The fourth-order valence-electron chi connectivity index (χ4n) is 7.03. The van der Waals surface area contributed by atoms with Gasteiger partial charge in [0.25, 0.3) is 0 Å². The maximum absolute atomic E-state index is 10.3. The van der Waals surface area contributed by atoms with E-state index in [-0.39, 0.29) is 6.10 Å². The Morgan fingerprint density at radius 3 is 2.63 bits per heavy atom. The van der Waals surface area contributed by atoms with Crippen molar-refractivity contribution in [2.24, 2.45) is 29.1 Å². The van der Waals surface area contributed by atoms with Gasteiger partial charge in [-0.1, -0.05) is 38.2 Å². The van der Waals surface area contributed by atoms with E-state index in [1.807, 2.05) is 0 Å². The Morgan fingerprint density at radius 2 is 1.90 bits per heavy atom. The maximum atomic E-state index is 10.3. The minimum Gasteiger partial charge on any atom is -0.393 e. The summed E-state index contributed by atoms with van der Waals surface area (Å²) in [6.07, 6.45) is 15.2. The van der Waals surface area contributed by atoms with Crippen LogP contribution in [0.15, 0.2) is 35.5 Å². The molecule has 4 aliphatic rings. The molecule has 0 aromatic rings. The summed E-state index contributed by atoms with van der Waals surface area (Å²) < 4.78 is 0. The summed E-state index contributed by atoms with van der Waals surface area (Å²) >= 11 is 0. The molecule has 3 nitrogen and oxygen atoms in total. The molecule has 0 heterocycles. The molecule has 30 heavy (non-hydrogen) atoms. The smallest absolute Gasteiger partial charge is 0.0811 e. The van der Waals surface area contributed by atoms with Gasteiger partial charge in [0.05, 0.1) is 18.3 Å². The van der Waals surface area contributed by atoms with Gasteiger partial charge in [0.1, 0.15) is 0 Å². The van der Waals surface area contributed by atoms with Crippen molar-refractivity contribution < 1.29 is 15.3 Å². The molecule has 3 heteroatoms. The topological polar surface area (TPSA) is 60.7 Å². The molecular weight excluding hydrogens is 372 g/mol. The van der Waals surface area contributed by atoms with Crippen LogP contribution in [0, 0.1) is 29.1 Å². The van der Waals surface area contributed by atoms with Gasteiger partial charge in [-0.15, -0.1) is 0 Å². The second kappa shape index (κ2) is 8.92. The van der Waals surface area contributed by atoms with Gasteiger partial charge in [-0.05, 0) is 104 Å². The van der Waals surface area contributed by atoms with Crippen LogP contribution in [0.4, 0.5) is 0 Å². The van der Waals surface area contributed by atoms with E-state index in [9.17, 15) is 15.3 Å². The van der Waals surface area contributed by atoms with Crippen molar-refractivity contribution >= 4 is 0 Å². The number of aliphatic hydroxyl groups excluding tert-OH is 3. The van der Waals surface area contributed by atoms with E-state index in [1.54, 1.807) is 5.57 Å². The first-order valence-corrected chi connectivity index (χ1v) is 12.4. The third-order valence-electron chi connectivity index (χ3n) is 9.07. The Balaban J connectivity index is 1.44. The average molecular weight is 415 g/mol. The van der Waals surface area contributed by atoms with E-state index in [4.69, 9.17) is 0 Å². The third kappa shape index (κ3) is 4.49. The second-order valence-electron chi connectivity index (χ2n) is 11.1. The predicted molar refractivity (Wildman–Crippen MR) is 122 cm³/mol. The molecule has 0 radical (unpaired) electrons. The first-order chi connectivity index (χ1) is 14.3. The fourth-order valence-corrected chi connectivity index (χ4v) is 7.03. The van der Waals surface area contributed by atoms with Crippen LogP contribution < -0.4 is 0 Å². The Kier molecular flexibility index (Phi) is 6.63. The number of hydrogen-bond acceptors (Lipinski definition) is 3. The zero-order chi connectivity index (χ0) is 21.5. The molecule has 7 atom stereocenters. The molecule has 4 aliphatic carbocycles. The van der Waals surface area contributed by atoms with Gasteiger partial charge >= 0.3 is 0 Å². The summed E-state index contributed by atoms with van der Waals surface area (Å²) in [6.45, 7) is 9.01. The van der Waals surface area contributed by atoms with Gasteiger partial charge in [0.15, 0.2) is 0 Å². The number of rotatable bonds is 6. The first kappa shape index (κ1) is 22.3. The lowest BCUT2D eigenvalue weighted by molar-refractivity contribution is 0.0784. The zero-order valence-corrected chi connectivity index (χ0v) is 19.0. The summed E-state index contributed by atoms with van der Waals surface area (Å²) in [5.74, 6) is 2.66. The highest BCUT2D eigenvalue weighted by molar-refractivity contribution is 5.38. The standard InChI is InChI=1S/C27H42O3/c1-17(6-13-25(29)20-8-9-20)23-11-12-24-19(5-4-14-27(23,24)3)7-10-21-15-22(28)16-26(30)18(21)2/h7,10,17,20,22-26,28-30H,2,4-6,8-9,11-16H2,1,3H3/b19-7+,21-10?/t17-,22-,23-,24?,25?,26+,27-/m1/s1. The highest BCUT2D eigenvalue weighted by Gasteiger charge is 2.50. The predicted octanol–water partition coefficient (Wildman–Crippen LogP) is 5.31. The van der Waals surface area contributed by atoms with E-state index >= 15 is 0 Å². The van der Waals surface area contributed by atoms with Crippen LogP contribution in [0.3, 0.4) is 0 Å². The molecule has 0 aromatic heterocycles. The van der Waals surface area contributed by atoms with E-state index < -0.39 is 12.2 Å². The molecule has 0 bridgehead atoms. The van der Waals surface area contributed by atoms with Crippen LogP contribution in [0.5, 0.6) is 0 Å². The van der Waals surface area contributed by atoms with Crippen molar-refractivity contribution in [3.05, 3.63) is 35.5 Å². The molecule has 168 valence electrons. The molecule has 4 fully saturated rings. The van der Waals surface area contributed by atoms with Crippen LogP contribution in [0.25, 0.3) is 0 Å². The highest BCUT2D eigenvalue weighted by Crippen LogP contribution is 2.60. The summed E-state index contributed by atoms with van der Waals surface area (Å²) in [7, 11) is 0. The van der Waals surface area contributed by atoms with Crippen LogP contribution >= 0.6 is 0 Å². The Hall–Kier alpha value is -0.900. The number of hydrogen-bond donors (Lipinski definition) is 3. The number of aliphatic hydroxyl groups is 3. The summed E-state index contributed by atoms with van der Waals surface area (Å²) in [5, 5.41) is 30.5. The molecule has 4 saturated carbocycles. The van der Waals surface area contributed by atoms with Crippen molar-refractivity contribution in [1.82, 2.24) is 0 Å². The Morgan fingerprint density at radius 1 is 1.13 bits per heavy atom. The fraction of sp³-hybridized carbons (Fsp3) is 0.778. The van der Waals surface area contributed by atoms with E-state index in [0.29, 0.717) is 36.0 Å².